The van der Waals surface area contributed by atoms with Crippen LogP contribution in [0.3, 0.4) is 0 Å². The molecular formula is C24H29N5O2. The molecule has 0 bridgehead atoms. The zero-order chi connectivity index (χ0) is 21.6. The molecule has 1 unspecified atom stereocenters. The number of hydrogen-bond donors (Lipinski definition) is 4. The quantitative estimate of drug-likeness (QED) is 0.461. The van der Waals surface area contributed by atoms with Gasteiger partial charge in [-0.25, -0.2) is 0 Å². The molecule has 3 aromatic rings. The van der Waals surface area contributed by atoms with Crippen LogP contribution in [-0.4, -0.2) is 28.6 Å². The van der Waals surface area contributed by atoms with E-state index in [0.717, 1.165) is 42.1 Å². The van der Waals surface area contributed by atoms with Gasteiger partial charge in [0, 0.05) is 17.0 Å². The number of rotatable bonds is 7. The molecule has 1 fully saturated rings. The van der Waals surface area contributed by atoms with Gasteiger partial charge in [-0.05, 0) is 49.6 Å². The maximum Gasteiger partial charge on any atom is 0.231 e. The molecule has 1 saturated carbocycles. The Morgan fingerprint density at radius 2 is 1.84 bits per heavy atom. The van der Waals surface area contributed by atoms with E-state index in [-0.39, 0.29) is 23.7 Å². The number of benzene rings is 2. The average Bonchev–Trinajstić information content (AvgIpc) is 3.20. The second kappa shape index (κ2) is 9.75. The molecule has 1 aliphatic rings. The summed E-state index contributed by atoms with van der Waals surface area (Å²) in [7, 11) is 0. The molecule has 5 N–H and O–H groups in total. The first kappa shape index (κ1) is 21.1. The predicted octanol–water partition coefficient (Wildman–Crippen LogP) is 4.15. The van der Waals surface area contributed by atoms with Gasteiger partial charge in [0.15, 0.2) is 5.82 Å². The van der Waals surface area contributed by atoms with E-state index in [2.05, 4.69) is 20.8 Å². The van der Waals surface area contributed by atoms with Crippen LogP contribution in [-0.2, 0) is 9.59 Å². The van der Waals surface area contributed by atoms with Gasteiger partial charge in [-0.1, -0.05) is 49.6 Å². The first-order valence-corrected chi connectivity index (χ1v) is 11.0. The third-order valence-corrected chi connectivity index (χ3v) is 6.02. The van der Waals surface area contributed by atoms with E-state index in [4.69, 9.17) is 5.73 Å². The van der Waals surface area contributed by atoms with E-state index in [0.29, 0.717) is 24.5 Å². The van der Waals surface area contributed by atoms with E-state index < -0.39 is 0 Å². The molecule has 7 heteroatoms. The van der Waals surface area contributed by atoms with Crippen LogP contribution in [0.5, 0.6) is 0 Å². The second-order valence-corrected chi connectivity index (χ2v) is 8.19. The summed E-state index contributed by atoms with van der Waals surface area (Å²) in [5, 5.41) is 14.0. The van der Waals surface area contributed by atoms with Gasteiger partial charge in [0.25, 0.3) is 0 Å². The van der Waals surface area contributed by atoms with Crippen LogP contribution in [0.15, 0.2) is 48.5 Å². The van der Waals surface area contributed by atoms with Crippen molar-refractivity contribution in [3.63, 3.8) is 0 Å². The minimum Gasteiger partial charge on any atom is -0.330 e. The van der Waals surface area contributed by atoms with Gasteiger partial charge in [-0.15, -0.1) is 0 Å². The number of nitrogens with zero attached hydrogens (tertiary/aromatic N) is 1. The topological polar surface area (TPSA) is 113 Å². The van der Waals surface area contributed by atoms with Crippen molar-refractivity contribution in [3.05, 3.63) is 54.1 Å². The lowest BCUT2D eigenvalue weighted by Gasteiger charge is -2.20. The number of aromatic nitrogens is 2. The van der Waals surface area contributed by atoms with E-state index in [1.165, 1.54) is 6.42 Å². The molecular weight excluding hydrogens is 390 g/mol. The Labute approximate surface area is 181 Å². The lowest BCUT2D eigenvalue weighted by Crippen LogP contribution is -2.25. The van der Waals surface area contributed by atoms with Gasteiger partial charge in [0.05, 0.1) is 11.4 Å². The van der Waals surface area contributed by atoms with Gasteiger partial charge >= 0.3 is 0 Å². The van der Waals surface area contributed by atoms with Crippen molar-refractivity contribution in [2.24, 2.45) is 11.7 Å². The minimum atomic E-state index is -0.322. The lowest BCUT2D eigenvalue weighted by molar-refractivity contribution is -0.120. The summed E-state index contributed by atoms with van der Waals surface area (Å²) in [6, 6.07) is 15.2. The van der Waals surface area contributed by atoms with Crippen LogP contribution >= 0.6 is 0 Å². The van der Waals surface area contributed by atoms with E-state index in [1.54, 1.807) is 0 Å². The fourth-order valence-corrected chi connectivity index (χ4v) is 4.30. The van der Waals surface area contributed by atoms with Crippen LogP contribution in [0.1, 0.15) is 50.0 Å². The van der Waals surface area contributed by atoms with Crippen molar-refractivity contribution in [2.45, 2.75) is 44.4 Å². The van der Waals surface area contributed by atoms with Crippen molar-refractivity contribution in [1.29, 1.82) is 0 Å². The molecule has 0 radical (unpaired) electrons. The molecule has 7 nitrogen and oxygen atoms in total. The summed E-state index contributed by atoms with van der Waals surface area (Å²) in [6.45, 7) is 0.422. The minimum absolute atomic E-state index is 0.0228. The summed E-state index contributed by atoms with van der Waals surface area (Å²) in [5.74, 6) is 0.146. The Bertz CT molecular complexity index is 1040. The molecule has 31 heavy (non-hydrogen) atoms. The molecule has 1 aliphatic carbocycles. The van der Waals surface area contributed by atoms with Crippen LogP contribution in [0, 0.1) is 5.92 Å². The molecule has 0 spiro atoms. The third kappa shape index (κ3) is 4.94. The molecule has 1 aromatic heterocycles. The number of carbonyl (C=O) groups excluding carboxylic acids is 2. The number of nitrogens with two attached hydrogens (primary N) is 1. The van der Waals surface area contributed by atoms with Crippen molar-refractivity contribution >= 4 is 34.2 Å². The van der Waals surface area contributed by atoms with E-state index in [9.17, 15) is 9.59 Å². The standard InChI is InChI=1S/C24H29N5O2/c25-14-13-19(16-7-3-1-4-8-16)24(31)26-18-11-12-21-20(15-18)22(29-28-21)27-23(30)17-9-5-2-6-10-17/h1,3-4,7-8,11-12,15,17,19H,2,5-6,9-10,13-14,25H2,(H,26,31)(H2,27,28,29,30). The van der Waals surface area contributed by atoms with Gasteiger partial charge in [-0.3, -0.25) is 14.7 Å². The average molecular weight is 420 g/mol. The van der Waals surface area contributed by atoms with Crippen LogP contribution < -0.4 is 16.4 Å². The van der Waals surface area contributed by atoms with E-state index >= 15 is 0 Å². The monoisotopic (exact) mass is 419 g/mol. The first-order chi connectivity index (χ1) is 15.2. The highest BCUT2D eigenvalue weighted by atomic mass is 16.2. The zero-order valence-electron chi connectivity index (χ0n) is 17.6. The van der Waals surface area contributed by atoms with Crippen molar-refractivity contribution in [1.82, 2.24) is 10.2 Å². The molecule has 2 amide bonds. The van der Waals surface area contributed by atoms with Gasteiger partial charge in [-0.2, -0.15) is 5.10 Å². The summed E-state index contributed by atoms with van der Waals surface area (Å²) < 4.78 is 0. The Morgan fingerprint density at radius 1 is 1.06 bits per heavy atom. The fourth-order valence-electron chi connectivity index (χ4n) is 4.30. The maximum atomic E-state index is 13.0. The molecule has 4 rings (SSSR count). The highest BCUT2D eigenvalue weighted by Crippen LogP contribution is 2.29. The maximum absolute atomic E-state index is 13.0. The van der Waals surface area contributed by atoms with Gasteiger partial charge in [0.2, 0.25) is 11.8 Å². The normalized spacial score (nSPS) is 15.5. The Kier molecular flexibility index (Phi) is 6.62. The smallest absolute Gasteiger partial charge is 0.231 e. The summed E-state index contributed by atoms with van der Waals surface area (Å²) in [6.07, 6.45) is 5.82. The Morgan fingerprint density at radius 3 is 2.58 bits per heavy atom. The molecule has 0 saturated heterocycles. The number of carbonyl (C=O) groups is 2. The van der Waals surface area contributed by atoms with Crippen LogP contribution in [0.25, 0.3) is 10.9 Å². The van der Waals surface area contributed by atoms with Gasteiger partial charge in [0.1, 0.15) is 0 Å². The number of nitrogens with one attached hydrogen (secondary N) is 3. The molecule has 162 valence electrons. The lowest BCUT2D eigenvalue weighted by atomic mass is 9.89. The third-order valence-electron chi connectivity index (χ3n) is 6.02. The van der Waals surface area contributed by atoms with Crippen molar-refractivity contribution < 1.29 is 9.59 Å². The highest BCUT2D eigenvalue weighted by Gasteiger charge is 2.23. The Hall–Kier alpha value is -3.19. The van der Waals surface area contributed by atoms with Crippen molar-refractivity contribution in [3.8, 4) is 0 Å². The highest BCUT2D eigenvalue weighted by molar-refractivity contribution is 6.03. The fraction of sp³-hybridized carbons (Fsp3) is 0.375. The number of hydrogen-bond acceptors (Lipinski definition) is 4. The predicted molar refractivity (Wildman–Crippen MR) is 123 cm³/mol. The zero-order valence-corrected chi connectivity index (χ0v) is 17.6. The van der Waals surface area contributed by atoms with Gasteiger partial charge < -0.3 is 16.4 Å². The van der Waals surface area contributed by atoms with Crippen molar-refractivity contribution in [2.75, 3.05) is 17.2 Å². The number of anilines is 2. The Balaban J connectivity index is 1.51. The van der Waals surface area contributed by atoms with Crippen LogP contribution in [0.2, 0.25) is 0 Å². The first-order valence-electron chi connectivity index (χ1n) is 11.0. The summed E-state index contributed by atoms with van der Waals surface area (Å²) >= 11 is 0. The van der Waals surface area contributed by atoms with Crippen LogP contribution in [0.4, 0.5) is 11.5 Å². The largest absolute Gasteiger partial charge is 0.330 e. The number of H-pyrrole nitrogens is 1. The summed E-state index contributed by atoms with van der Waals surface area (Å²) in [4.78, 5) is 25.6. The van der Waals surface area contributed by atoms with E-state index in [1.807, 2.05) is 48.5 Å². The number of aromatic amines is 1. The second-order valence-electron chi connectivity index (χ2n) is 8.19. The summed E-state index contributed by atoms with van der Waals surface area (Å²) in [5.41, 5.74) is 8.16. The molecule has 1 heterocycles. The number of fused-ring (bicyclic) bond motifs is 1. The molecule has 0 aliphatic heterocycles. The number of amides is 2. The molecule has 1 atom stereocenters. The molecule has 2 aromatic carbocycles. The SMILES string of the molecule is NCCC(C(=O)Nc1ccc2[nH]nc(NC(=O)C3CCCCC3)c2c1)c1ccccc1.